The summed E-state index contributed by atoms with van der Waals surface area (Å²) in [5.41, 5.74) is 1.07. The van der Waals surface area contributed by atoms with Crippen molar-refractivity contribution in [3.8, 4) is 0 Å². The second-order valence-corrected chi connectivity index (χ2v) is 6.37. The molecule has 3 aromatic rings. The molecule has 1 atom stereocenters. The second-order valence-electron chi connectivity index (χ2n) is 5.19. The first-order valence-corrected chi connectivity index (χ1v) is 8.44. The molecular formula is C20H16FNOS. The first-order chi connectivity index (χ1) is 11.7. The summed E-state index contributed by atoms with van der Waals surface area (Å²) in [5.74, 6) is -0.692. The van der Waals surface area contributed by atoms with E-state index in [1.165, 1.54) is 17.8 Å². The molecule has 0 aliphatic carbocycles. The average Bonchev–Trinajstić information content (AvgIpc) is 2.63. The van der Waals surface area contributed by atoms with Crippen molar-refractivity contribution in [3.05, 3.63) is 96.3 Å². The van der Waals surface area contributed by atoms with Crippen molar-refractivity contribution in [2.45, 2.75) is 10.1 Å². The Bertz CT molecular complexity index is 808. The van der Waals surface area contributed by atoms with Gasteiger partial charge in [-0.15, -0.1) is 11.8 Å². The Balaban J connectivity index is 1.87. The van der Waals surface area contributed by atoms with Crippen LogP contribution in [0.1, 0.15) is 10.8 Å². The molecular weight excluding hydrogens is 321 g/mol. The fourth-order valence-corrected chi connectivity index (χ4v) is 3.34. The van der Waals surface area contributed by atoms with E-state index in [9.17, 15) is 9.18 Å². The number of anilines is 1. The van der Waals surface area contributed by atoms with Crippen molar-refractivity contribution in [3.63, 3.8) is 0 Å². The number of nitrogens with one attached hydrogen (secondary N) is 1. The quantitative estimate of drug-likeness (QED) is 0.640. The Labute approximate surface area is 144 Å². The number of amides is 1. The number of benzene rings is 3. The second kappa shape index (κ2) is 7.79. The van der Waals surface area contributed by atoms with Gasteiger partial charge in [-0.2, -0.15) is 0 Å². The van der Waals surface area contributed by atoms with Gasteiger partial charge in [0.25, 0.3) is 0 Å². The fraction of sp³-hybridized carbons (Fsp3) is 0.0500. The van der Waals surface area contributed by atoms with Crippen molar-refractivity contribution in [2.24, 2.45) is 0 Å². The minimum Gasteiger partial charge on any atom is -0.322 e. The molecule has 0 radical (unpaired) electrons. The van der Waals surface area contributed by atoms with Crippen molar-refractivity contribution in [1.82, 2.24) is 0 Å². The molecule has 0 fully saturated rings. The lowest BCUT2D eigenvalue weighted by atomic mass is 10.1. The van der Waals surface area contributed by atoms with Gasteiger partial charge in [-0.05, 0) is 29.8 Å². The molecule has 3 rings (SSSR count). The van der Waals surface area contributed by atoms with Crippen LogP contribution in [0.5, 0.6) is 0 Å². The standard InChI is InChI=1S/C20H16FNOS/c21-17-13-7-8-14-18(17)22-20(23)19(15-9-3-1-4-10-15)24-16-11-5-2-6-12-16/h1-14,19H,(H,22,23). The van der Waals surface area contributed by atoms with E-state index < -0.39 is 11.1 Å². The van der Waals surface area contributed by atoms with Crippen LogP contribution in [0.25, 0.3) is 0 Å². The van der Waals surface area contributed by atoms with Crippen LogP contribution < -0.4 is 5.32 Å². The van der Waals surface area contributed by atoms with E-state index in [0.29, 0.717) is 0 Å². The maximum atomic E-state index is 13.8. The van der Waals surface area contributed by atoms with Crippen LogP contribution in [0.3, 0.4) is 0 Å². The van der Waals surface area contributed by atoms with Gasteiger partial charge in [0.05, 0.1) is 5.69 Å². The summed E-state index contributed by atoms with van der Waals surface area (Å²) < 4.78 is 13.8. The highest BCUT2D eigenvalue weighted by Gasteiger charge is 2.22. The van der Waals surface area contributed by atoms with Crippen LogP contribution in [0.2, 0.25) is 0 Å². The van der Waals surface area contributed by atoms with E-state index in [0.717, 1.165) is 10.5 Å². The lowest BCUT2D eigenvalue weighted by molar-refractivity contribution is -0.115. The van der Waals surface area contributed by atoms with Gasteiger partial charge in [-0.25, -0.2) is 4.39 Å². The van der Waals surface area contributed by atoms with Crippen molar-refractivity contribution in [2.75, 3.05) is 5.32 Å². The predicted molar refractivity (Wildman–Crippen MR) is 96.5 cm³/mol. The summed E-state index contributed by atoms with van der Waals surface area (Å²) in [7, 11) is 0. The van der Waals surface area contributed by atoms with Crippen molar-refractivity contribution in [1.29, 1.82) is 0 Å². The molecule has 0 aliphatic rings. The molecule has 24 heavy (non-hydrogen) atoms. The van der Waals surface area contributed by atoms with Crippen molar-refractivity contribution < 1.29 is 9.18 Å². The van der Waals surface area contributed by atoms with Gasteiger partial charge in [-0.1, -0.05) is 60.7 Å². The minimum atomic E-state index is -0.465. The van der Waals surface area contributed by atoms with Gasteiger partial charge in [0.1, 0.15) is 11.1 Å². The summed E-state index contributed by atoms with van der Waals surface area (Å²) in [6.45, 7) is 0. The Morgan fingerprint density at radius 2 is 1.42 bits per heavy atom. The smallest absolute Gasteiger partial charge is 0.242 e. The molecule has 3 aromatic carbocycles. The lowest BCUT2D eigenvalue weighted by Gasteiger charge is -2.17. The van der Waals surface area contributed by atoms with Crippen LogP contribution in [-0.4, -0.2) is 5.91 Å². The molecule has 2 nitrogen and oxygen atoms in total. The minimum absolute atomic E-state index is 0.192. The van der Waals surface area contributed by atoms with Gasteiger partial charge in [0, 0.05) is 4.90 Å². The number of carbonyl (C=O) groups is 1. The number of hydrogen-bond acceptors (Lipinski definition) is 2. The first-order valence-electron chi connectivity index (χ1n) is 7.56. The molecule has 0 saturated carbocycles. The number of hydrogen-bond donors (Lipinski definition) is 1. The maximum Gasteiger partial charge on any atom is 0.242 e. The summed E-state index contributed by atoms with van der Waals surface area (Å²) in [5, 5.41) is 2.23. The molecule has 120 valence electrons. The molecule has 0 heterocycles. The summed E-state index contributed by atoms with van der Waals surface area (Å²) in [6.07, 6.45) is 0. The van der Waals surface area contributed by atoms with E-state index in [1.54, 1.807) is 18.2 Å². The SMILES string of the molecule is O=C(Nc1ccccc1F)C(Sc1ccccc1)c1ccccc1. The normalized spacial score (nSPS) is 11.7. The largest absolute Gasteiger partial charge is 0.322 e. The number of carbonyl (C=O) groups excluding carboxylic acids is 1. The Kier molecular flexibility index (Phi) is 5.29. The zero-order valence-corrected chi connectivity index (χ0v) is 13.7. The Morgan fingerprint density at radius 1 is 0.833 bits per heavy atom. The molecule has 1 amide bonds. The zero-order valence-electron chi connectivity index (χ0n) is 12.9. The van der Waals surface area contributed by atoms with Crippen LogP contribution in [0.15, 0.2) is 89.8 Å². The van der Waals surface area contributed by atoms with E-state index in [1.807, 2.05) is 60.7 Å². The van der Waals surface area contributed by atoms with Crippen LogP contribution in [0.4, 0.5) is 10.1 Å². The number of thioether (sulfide) groups is 1. The molecule has 0 aromatic heterocycles. The molecule has 0 bridgehead atoms. The monoisotopic (exact) mass is 337 g/mol. The van der Waals surface area contributed by atoms with Crippen LogP contribution >= 0.6 is 11.8 Å². The summed E-state index contributed by atoms with van der Waals surface area (Å²) in [6, 6.07) is 25.4. The van der Waals surface area contributed by atoms with E-state index in [4.69, 9.17) is 0 Å². The van der Waals surface area contributed by atoms with Crippen LogP contribution in [0, 0.1) is 5.82 Å². The Hall–Kier alpha value is -2.59. The zero-order chi connectivity index (χ0) is 16.8. The van der Waals surface area contributed by atoms with E-state index in [-0.39, 0.29) is 11.6 Å². The molecule has 4 heteroatoms. The topological polar surface area (TPSA) is 29.1 Å². The highest BCUT2D eigenvalue weighted by atomic mass is 32.2. The van der Waals surface area contributed by atoms with Gasteiger partial charge >= 0.3 is 0 Å². The number of halogens is 1. The fourth-order valence-electron chi connectivity index (χ4n) is 2.30. The number of para-hydroxylation sites is 1. The molecule has 0 saturated heterocycles. The molecule has 1 unspecified atom stereocenters. The van der Waals surface area contributed by atoms with E-state index >= 15 is 0 Å². The van der Waals surface area contributed by atoms with Gasteiger partial charge in [0.15, 0.2) is 0 Å². The number of rotatable bonds is 5. The lowest BCUT2D eigenvalue weighted by Crippen LogP contribution is -2.19. The third-order valence-electron chi connectivity index (χ3n) is 3.47. The third kappa shape index (κ3) is 4.03. The van der Waals surface area contributed by atoms with E-state index in [2.05, 4.69) is 5.32 Å². The predicted octanol–water partition coefficient (Wildman–Crippen LogP) is 5.30. The Morgan fingerprint density at radius 3 is 2.08 bits per heavy atom. The average molecular weight is 337 g/mol. The van der Waals surface area contributed by atoms with Crippen LogP contribution in [-0.2, 0) is 4.79 Å². The third-order valence-corrected chi connectivity index (χ3v) is 4.74. The van der Waals surface area contributed by atoms with Crippen molar-refractivity contribution >= 4 is 23.4 Å². The first kappa shape index (κ1) is 16.3. The highest BCUT2D eigenvalue weighted by molar-refractivity contribution is 8.00. The van der Waals surface area contributed by atoms with Gasteiger partial charge in [-0.3, -0.25) is 4.79 Å². The molecule has 1 N–H and O–H groups in total. The highest BCUT2D eigenvalue weighted by Crippen LogP contribution is 2.36. The molecule has 0 aliphatic heterocycles. The van der Waals surface area contributed by atoms with Gasteiger partial charge < -0.3 is 5.32 Å². The maximum absolute atomic E-state index is 13.8. The van der Waals surface area contributed by atoms with Gasteiger partial charge in [0.2, 0.25) is 5.91 Å². The summed E-state index contributed by atoms with van der Waals surface area (Å²) >= 11 is 1.44. The molecule has 0 spiro atoms. The summed E-state index contributed by atoms with van der Waals surface area (Å²) in [4.78, 5) is 13.8.